The summed E-state index contributed by atoms with van der Waals surface area (Å²) in [4.78, 5) is 13.2. The standard InChI is InChI=1S/C11H25N3O2/c1-5-13-10(11(12)15)8-14(4)6-7-16-9(2)3/h9-10,13H,5-8H2,1-4H3,(H2,12,15). The van der Waals surface area contributed by atoms with Gasteiger partial charge >= 0.3 is 0 Å². The monoisotopic (exact) mass is 231 g/mol. The van der Waals surface area contributed by atoms with Crippen molar-refractivity contribution >= 4 is 5.91 Å². The van der Waals surface area contributed by atoms with E-state index in [1.54, 1.807) is 0 Å². The maximum Gasteiger partial charge on any atom is 0.235 e. The summed E-state index contributed by atoms with van der Waals surface area (Å²) >= 11 is 0. The molecule has 0 radical (unpaired) electrons. The molecule has 3 N–H and O–H groups in total. The summed E-state index contributed by atoms with van der Waals surface area (Å²) in [5.74, 6) is -0.307. The Morgan fingerprint density at radius 3 is 2.56 bits per heavy atom. The molecule has 1 unspecified atom stereocenters. The molecule has 0 heterocycles. The van der Waals surface area contributed by atoms with E-state index in [1.807, 2.05) is 32.7 Å². The molecule has 0 saturated carbocycles. The van der Waals surface area contributed by atoms with E-state index in [9.17, 15) is 4.79 Å². The van der Waals surface area contributed by atoms with Gasteiger partial charge in [0.1, 0.15) is 0 Å². The average molecular weight is 231 g/mol. The van der Waals surface area contributed by atoms with Crippen molar-refractivity contribution in [3.8, 4) is 0 Å². The van der Waals surface area contributed by atoms with Gasteiger partial charge in [-0.05, 0) is 27.4 Å². The zero-order chi connectivity index (χ0) is 12.6. The molecule has 0 aliphatic carbocycles. The molecule has 0 saturated heterocycles. The predicted molar refractivity (Wildman–Crippen MR) is 65.2 cm³/mol. The van der Waals surface area contributed by atoms with Crippen molar-refractivity contribution in [3.63, 3.8) is 0 Å². The lowest BCUT2D eigenvalue weighted by Gasteiger charge is -2.22. The Morgan fingerprint density at radius 1 is 1.50 bits per heavy atom. The topological polar surface area (TPSA) is 67.6 Å². The predicted octanol–water partition coefficient (Wildman–Crippen LogP) is -0.193. The Labute approximate surface area is 98.3 Å². The number of carbonyl (C=O) groups is 1. The molecule has 0 spiro atoms. The van der Waals surface area contributed by atoms with Gasteiger partial charge in [-0.3, -0.25) is 4.79 Å². The highest BCUT2D eigenvalue weighted by Gasteiger charge is 2.15. The lowest BCUT2D eigenvalue weighted by molar-refractivity contribution is -0.120. The van der Waals surface area contributed by atoms with Gasteiger partial charge in [0.2, 0.25) is 5.91 Å². The maximum atomic E-state index is 11.1. The third-order valence-electron chi connectivity index (χ3n) is 2.21. The quantitative estimate of drug-likeness (QED) is 0.577. The molecule has 1 amide bonds. The SMILES string of the molecule is CCNC(CN(C)CCOC(C)C)C(N)=O. The molecule has 0 aromatic heterocycles. The van der Waals surface area contributed by atoms with E-state index in [-0.39, 0.29) is 18.1 Å². The van der Waals surface area contributed by atoms with Crippen LogP contribution >= 0.6 is 0 Å². The zero-order valence-electron chi connectivity index (χ0n) is 10.8. The molecular weight excluding hydrogens is 206 g/mol. The van der Waals surface area contributed by atoms with Crippen LogP contribution < -0.4 is 11.1 Å². The molecule has 0 fully saturated rings. The number of primary amides is 1. The summed E-state index contributed by atoms with van der Waals surface area (Å²) in [6, 6.07) is -0.283. The minimum atomic E-state index is -0.307. The van der Waals surface area contributed by atoms with Crippen LogP contribution in [0.25, 0.3) is 0 Å². The van der Waals surface area contributed by atoms with E-state index >= 15 is 0 Å². The molecule has 1 atom stereocenters. The van der Waals surface area contributed by atoms with Crippen LogP contribution in [0.15, 0.2) is 0 Å². The van der Waals surface area contributed by atoms with Crippen molar-refractivity contribution in [1.29, 1.82) is 0 Å². The molecular formula is C11H25N3O2. The number of nitrogens with zero attached hydrogens (tertiary/aromatic N) is 1. The second kappa shape index (κ2) is 8.50. The van der Waals surface area contributed by atoms with Gasteiger partial charge in [-0.1, -0.05) is 6.92 Å². The fraction of sp³-hybridized carbons (Fsp3) is 0.909. The van der Waals surface area contributed by atoms with Gasteiger partial charge in [0.25, 0.3) is 0 Å². The van der Waals surface area contributed by atoms with E-state index < -0.39 is 0 Å². The average Bonchev–Trinajstić information content (AvgIpc) is 2.16. The van der Waals surface area contributed by atoms with Crippen molar-refractivity contribution < 1.29 is 9.53 Å². The molecule has 0 aliphatic heterocycles. The van der Waals surface area contributed by atoms with Gasteiger partial charge in [0, 0.05) is 13.1 Å². The Bertz CT molecular complexity index is 198. The first kappa shape index (κ1) is 15.3. The van der Waals surface area contributed by atoms with E-state index in [2.05, 4.69) is 5.32 Å². The molecule has 0 bridgehead atoms. The highest BCUT2D eigenvalue weighted by atomic mass is 16.5. The first-order chi connectivity index (χ1) is 7.47. The number of ether oxygens (including phenoxy) is 1. The fourth-order valence-electron chi connectivity index (χ4n) is 1.35. The van der Waals surface area contributed by atoms with Crippen LogP contribution in [0.5, 0.6) is 0 Å². The summed E-state index contributed by atoms with van der Waals surface area (Å²) in [5, 5.41) is 3.06. The molecule has 0 rings (SSSR count). The Hall–Kier alpha value is -0.650. The number of carbonyl (C=O) groups excluding carboxylic acids is 1. The normalized spacial score (nSPS) is 13.4. The van der Waals surface area contributed by atoms with E-state index in [4.69, 9.17) is 10.5 Å². The molecule has 0 aliphatic rings. The van der Waals surface area contributed by atoms with Gasteiger partial charge in [0.15, 0.2) is 0 Å². The van der Waals surface area contributed by atoms with E-state index in [0.717, 1.165) is 13.1 Å². The number of hydrogen-bond acceptors (Lipinski definition) is 4. The van der Waals surface area contributed by atoms with Gasteiger partial charge in [-0.2, -0.15) is 0 Å². The molecule has 96 valence electrons. The third-order valence-corrected chi connectivity index (χ3v) is 2.21. The fourth-order valence-corrected chi connectivity index (χ4v) is 1.35. The van der Waals surface area contributed by atoms with Gasteiger partial charge in [-0.15, -0.1) is 0 Å². The van der Waals surface area contributed by atoms with E-state index in [0.29, 0.717) is 13.2 Å². The Balaban J connectivity index is 3.81. The second-order valence-corrected chi connectivity index (χ2v) is 4.19. The highest BCUT2D eigenvalue weighted by Crippen LogP contribution is 1.92. The first-order valence-corrected chi connectivity index (χ1v) is 5.80. The maximum absolute atomic E-state index is 11.1. The molecule has 16 heavy (non-hydrogen) atoms. The Morgan fingerprint density at radius 2 is 2.12 bits per heavy atom. The number of likely N-dealkylation sites (N-methyl/N-ethyl adjacent to an activating group) is 2. The van der Waals surface area contributed by atoms with Crippen LogP contribution in [0.2, 0.25) is 0 Å². The molecule has 5 heteroatoms. The van der Waals surface area contributed by atoms with Crippen LogP contribution in [-0.4, -0.2) is 56.2 Å². The first-order valence-electron chi connectivity index (χ1n) is 5.80. The van der Waals surface area contributed by atoms with Crippen molar-refractivity contribution in [2.45, 2.75) is 32.9 Å². The van der Waals surface area contributed by atoms with Crippen molar-refractivity contribution in [1.82, 2.24) is 10.2 Å². The zero-order valence-corrected chi connectivity index (χ0v) is 10.8. The summed E-state index contributed by atoms with van der Waals surface area (Å²) in [7, 11) is 1.96. The largest absolute Gasteiger partial charge is 0.377 e. The highest BCUT2D eigenvalue weighted by molar-refractivity contribution is 5.80. The number of amides is 1. The summed E-state index contributed by atoms with van der Waals surface area (Å²) in [6.45, 7) is 8.79. The van der Waals surface area contributed by atoms with Gasteiger partial charge in [0.05, 0.1) is 18.8 Å². The number of hydrogen-bond donors (Lipinski definition) is 2. The minimum Gasteiger partial charge on any atom is -0.377 e. The van der Waals surface area contributed by atoms with Crippen LogP contribution in [0.4, 0.5) is 0 Å². The van der Waals surface area contributed by atoms with Crippen LogP contribution in [-0.2, 0) is 9.53 Å². The minimum absolute atomic E-state index is 0.245. The summed E-state index contributed by atoms with van der Waals surface area (Å²) in [6.07, 6.45) is 0.245. The van der Waals surface area contributed by atoms with Crippen LogP contribution in [0.1, 0.15) is 20.8 Å². The van der Waals surface area contributed by atoms with Crippen molar-refractivity contribution in [3.05, 3.63) is 0 Å². The van der Waals surface area contributed by atoms with E-state index in [1.165, 1.54) is 0 Å². The van der Waals surface area contributed by atoms with Crippen LogP contribution in [0, 0.1) is 0 Å². The summed E-state index contributed by atoms with van der Waals surface area (Å²) in [5.41, 5.74) is 5.29. The van der Waals surface area contributed by atoms with Crippen LogP contribution in [0.3, 0.4) is 0 Å². The summed E-state index contributed by atoms with van der Waals surface area (Å²) < 4.78 is 5.44. The molecule has 5 nitrogen and oxygen atoms in total. The van der Waals surface area contributed by atoms with Gasteiger partial charge in [-0.25, -0.2) is 0 Å². The lowest BCUT2D eigenvalue weighted by Crippen LogP contribution is -2.48. The van der Waals surface area contributed by atoms with Gasteiger partial charge < -0.3 is 20.7 Å². The number of nitrogens with two attached hydrogens (primary N) is 1. The van der Waals surface area contributed by atoms with Crippen molar-refractivity contribution in [2.75, 3.05) is 33.3 Å². The molecule has 0 aromatic carbocycles. The lowest BCUT2D eigenvalue weighted by atomic mass is 10.2. The number of nitrogens with one attached hydrogen (secondary N) is 1. The number of rotatable bonds is 9. The Kier molecular flexibility index (Phi) is 8.15. The smallest absolute Gasteiger partial charge is 0.235 e. The third kappa shape index (κ3) is 7.62. The van der Waals surface area contributed by atoms with Crippen molar-refractivity contribution in [2.24, 2.45) is 5.73 Å². The second-order valence-electron chi connectivity index (χ2n) is 4.19. The molecule has 0 aromatic rings.